The molecule has 0 fully saturated rings. The molecule has 1 heterocycles. The van der Waals surface area contributed by atoms with E-state index in [1.165, 1.54) is 31.5 Å². The van der Waals surface area contributed by atoms with Crippen LogP contribution in [-0.4, -0.2) is 31.7 Å². The van der Waals surface area contributed by atoms with Gasteiger partial charge in [-0.25, -0.2) is 17.9 Å². The number of benzene rings is 1. The smallest absolute Gasteiger partial charge is 0.339 e. The van der Waals surface area contributed by atoms with E-state index in [4.69, 9.17) is 0 Å². The molecule has 2 aromatic rings. The van der Waals surface area contributed by atoms with Crippen LogP contribution in [0.25, 0.3) is 0 Å². The Hall–Kier alpha value is -2.32. The van der Waals surface area contributed by atoms with Crippen LogP contribution in [0.4, 0.5) is 0 Å². The lowest BCUT2D eigenvalue weighted by atomic mass is 10.2. The van der Waals surface area contributed by atoms with Crippen LogP contribution in [0.15, 0.2) is 47.5 Å². The van der Waals surface area contributed by atoms with Gasteiger partial charge in [-0.2, -0.15) is 10.2 Å². The summed E-state index contributed by atoms with van der Waals surface area (Å²) in [5.41, 5.74) is 0.447. The molecule has 0 unspecified atom stereocenters. The van der Waals surface area contributed by atoms with Crippen molar-refractivity contribution >= 4 is 16.0 Å². The van der Waals surface area contributed by atoms with Crippen LogP contribution in [0.1, 0.15) is 16.1 Å². The molecule has 0 aliphatic heterocycles. The van der Waals surface area contributed by atoms with Gasteiger partial charge in [0.1, 0.15) is 0 Å². The number of carbonyl (C=O) groups is 1. The maximum atomic E-state index is 12.3. The summed E-state index contributed by atoms with van der Waals surface area (Å²) >= 11 is 0. The molecular formula is C13H13N3O4S. The number of hydrogen-bond donors (Lipinski definition) is 1. The first-order valence-corrected chi connectivity index (χ1v) is 7.46. The van der Waals surface area contributed by atoms with E-state index in [1.54, 1.807) is 18.2 Å². The lowest BCUT2D eigenvalue weighted by Gasteiger charge is -2.09. The van der Waals surface area contributed by atoms with Gasteiger partial charge in [0.05, 0.1) is 29.8 Å². The van der Waals surface area contributed by atoms with Crippen molar-refractivity contribution in [2.24, 2.45) is 0 Å². The molecule has 7 nitrogen and oxygen atoms in total. The van der Waals surface area contributed by atoms with Crippen molar-refractivity contribution in [3.63, 3.8) is 0 Å². The van der Waals surface area contributed by atoms with Crippen LogP contribution in [-0.2, 0) is 21.3 Å². The van der Waals surface area contributed by atoms with E-state index < -0.39 is 16.0 Å². The molecule has 1 N–H and O–H groups in total. The fourth-order valence-corrected chi connectivity index (χ4v) is 2.85. The maximum absolute atomic E-state index is 12.3. The zero-order valence-electron chi connectivity index (χ0n) is 11.2. The molecule has 0 saturated carbocycles. The van der Waals surface area contributed by atoms with Gasteiger partial charge in [-0.15, -0.1) is 0 Å². The van der Waals surface area contributed by atoms with Gasteiger partial charge in [0.2, 0.25) is 10.0 Å². The summed E-state index contributed by atoms with van der Waals surface area (Å²) in [6.45, 7) is -0.0221. The monoisotopic (exact) mass is 307 g/mol. The average Bonchev–Trinajstić information content (AvgIpc) is 2.53. The lowest BCUT2D eigenvalue weighted by Crippen LogP contribution is -2.25. The second-order valence-corrected chi connectivity index (χ2v) is 5.76. The average molecular weight is 307 g/mol. The Morgan fingerprint density at radius 2 is 2.00 bits per heavy atom. The number of sulfonamides is 1. The molecule has 0 spiro atoms. The van der Waals surface area contributed by atoms with Crippen LogP contribution < -0.4 is 4.72 Å². The van der Waals surface area contributed by atoms with E-state index in [0.29, 0.717) is 5.69 Å². The normalized spacial score (nSPS) is 11.1. The molecule has 0 saturated heterocycles. The molecule has 1 aromatic heterocycles. The quantitative estimate of drug-likeness (QED) is 0.818. The zero-order chi connectivity index (χ0) is 15.3. The van der Waals surface area contributed by atoms with Crippen LogP contribution in [0.2, 0.25) is 0 Å². The molecule has 2 rings (SSSR count). The summed E-state index contributed by atoms with van der Waals surface area (Å²) in [5, 5.41) is 7.44. The highest BCUT2D eigenvalue weighted by Crippen LogP contribution is 2.16. The first-order valence-electron chi connectivity index (χ1n) is 5.98. The van der Waals surface area contributed by atoms with Crippen molar-refractivity contribution in [2.45, 2.75) is 11.4 Å². The summed E-state index contributed by atoms with van der Waals surface area (Å²) in [5.74, 6) is -0.713. The van der Waals surface area contributed by atoms with Crippen LogP contribution in [0.5, 0.6) is 0 Å². The third kappa shape index (κ3) is 3.61. The van der Waals surface area contributed by atoms with Gasteiger partial charge >= 0.3 is 5.97 Å². The molecule has 110 valence electrons. The van der Waals surface area contributed by atoms with E-state index in [2.05, 4.69) is 19.7 Å². The van der Waals surface area contributed by atoms with Gasteiger partial charge in [0, 0.05) is 6.20 Å². The van der Waals surface area contributed by atoms with E-state index in [-0.39, 0.29) is 17.0 Å². The Balaban J connectivity index is 2.26. The first-order chi connectivity index (χ1) is 10.0. The highest BCUT2D eigenvalue weighted by atomic mass is 32.2. The van der Waals surface area contributed by atoms with Crippen molar-refractivity contribution in [3.8, 4) is 0 Å². The summed E-state index contributed by atoms with van der Waals surface area (Å²) in [4.78, 5) is 11.5. The molecule has 0 amide bonds. The third-order valence-electron chi connectivity index (χ3n) is 2.65. The molecule has 8 heteroatoms. The SMILES string of the molecule is COC(=O)c1ccccc1S(=O)(=O)NCc1cccnn1. The number of carbonyl (C=O) groups excluding carboxylic acids is 1. The second kappa shape index (κ2) is 6.42. The molecule has 1 aromatic carbocycles. The molecule has 21 heavy (non-hydrogen) atoms. The summed E-state index contributed by atoms with van der Waals surface area (Å²) in [7, 11) is -2.67. The van der Waals surface area contributed by atoms with Gasteiger partial charge in [-0.3, -0.25) is 0 Å². The standard InChI is InChI=1S/C13H13N3O4S/c1-20-13(17)11-6-2-3-7-12(11)21(18,19)15-9-10-5-4-8-14-16-10/h2-8,15H,9H2,1H3. The molecule has 0 bridgehead atoms. The minimum Gasteiger partial charge on any atom is -0.465 e. The maximum Gasteiger partial charge on any atom is 0.339 e. The summed E-state index contributed by atoms with van der Waals surface area (Å²) < 4.78 is 31.5. The Kier molecular flexibility index (Phi) is 4.61. The molecule has 0 aliphatic rings. The van der Waals surface area contributed by atoms with Crippen LogP contribution in [0.3, 0.4) is 0 Å². The zero-order valence-corrected chi connectivity index (χ0v) is 12.0. The Morgan fingerprint density at radius 3 is 2.67 bits per heavy atom. The number of hydrogen-bond acceptors (Lipinski definition) is 6. The van der Waals surface area contributed by atoms with Crippen molar-refractivity contribution in [3.05, 3.63) is 53.9 Å². The van der Waals surface area contributed by atoms with Crippen LogP contribution >= 0.6 is 0 Å². The fraction of sp³-hybridized carbons (Fsp3) is 0.154. The second-order valence-electron chi connectivity index (χ2n) is 4.03. The number of esters is 1. The minimum absolute atomic E-state index is 0.0216. The predicted molar refractivity (Wildman–Crippen MR) is 73.8 cm³/mol. The van der Waals surface area contributed by atoms with E-state index in [0.717, 1.165) is 0 Å². The number of ether oxygens (including phenoxy) is 1. The van der Waals surface area contributed by atoms with Gasteiger partial charge in [-0.1, -0.05) is 12.1 Å². The van der Waals surface area contributed by atoms with Crippen molar-refractivity contribution in [2.75, 3.05) is 7.11 Å². The number of methoxy groups -OCH3 is 1. The van der Waals surface area contributed by atoms with E-state index >= 15 is 0 Å². The predicted octanol–water partition coefficient (Wildman–Crippen LogP) is 0.742. The van der Waals surface area contributed by atoms with Crippen molar-refractivity contribution in [1.82, 2.24) is 14.9 Å². The summed E-state index contributed by atoms with van der Waals surface area (Å²) in [6.07, 6.45) is 1.49. The topological polar surface area (TPSA) is 98.2 Å². The largest absolute Gasteiger partial charge is 0.465 e. The Morgan fingerprint density at radius 1 is 1.24 bits per heavy atom. The number of aromatic nitrogens is 2. The highest BCUT2D eigenvalue weighted by Gasteiger charge is 2.22. The Bertz CT molecular complexity index is 732. The fourth-order valence-electron chi connectivity index (χ4n) is 1.65. The Labute approximate surface area is 122 Å². The molecule has 0 aliphatic carbocycles. The number of nitrogens with zero attached hydrogens (tertiary/aromatic N) is 2. The minimum atomic E-state index is -3.86. The van der Waals surface area contributed by atoms with Gasteiger partial charge in [-0.05, 0) is 24.3 Å². The van der Waals surface area contributed by atoms with Gasteiger partial charge < -0.3 is 4.74 Å². The molecular weight excluding hydrogens is 294 g/mol. The van der Waals surface area contributed by atoms with Gasteiger partial charge in [0.15, 0.2) is 0 Å². The van der Waals surface area contributed by atoms with Gasteiger partial charge in [0.25, 0.3) is 0 Å². The molecule has 0 atom stereocenters. The number of nitrogens with one attached hydrogen (secondary N) is 1. The first kappa shape index (κ1) is 15.1. The highest BCUT2D eigenvalue weighted by molar-refractivity contribution is 7.89. The van der Waals surface area contributed by atoms with Crippen LogP contribution in [0, 0.1) is 0 Å². The van der Waals surface area contributed by atoms with Crippen molar-refractivity contribution < 1.29 is 17.9 Å². The lowest BCUT2D eigenvalue weighted by molar-refractivity contribution is 0.0596. The number of rotatable bonds is 5. The van der Waals surface area contributed by atoms with Crippen molar-refractivity contribution in [1.29, 1.82) is 0 Å². The third-order valence-corrected chi connectivity index (χ3v) is 4.11. The van der Waals surface area contributed by atoms with E-state index in [1.807, 2.05) is 0 Å². The molecule has 0 radical (unpaired) electrons. The summed E-state index contributed by atoms with van der Waals surface area (Å²) in [6, 6.07) is 9.12. The van der Waals surface area contributed by atoms with E-state index in [9.17, 15) is 13.2 Å².